The number of morpholine rings is 1. The summed E-state index contributed by atoms with van der Waals surface area (Å²) >= 11 is 0. The molecule has 1 unspecified atom stereocenters. The molecule has 1 aromatic carbocycles. The molecule has 1 saturated carbocycles. The van der Waals surface area contributed by atoms with E-state index < -0.39 is 5.91 Å². The Labute approximate surface area is 240 Å². The van der Waals surface area contributed by atoms with Crippen molar-refractivity contribution in [2.24, 2.45) is 12.8 Å². The van der Waals surface area contributed by atoms with Gasteiger partial charge in [0.15, 0.2) is 11.5 Å². The van der Waals surface area contributed by atoms with E-state index in [0.717, 1.165) is 19.4 Å². The van der Waals surface area contributed by atoms with Crippen molar-refractivity contribution in [2.45, 2.75) is 37.8 Å². The van der Waals surface area contributed by atoms with Gasteiger partial charge in [-0.25, -0.2) is 0 Å². The molecule has 4 N–H and O–H groups in total. The molecule has 3 heterocycles. The second-order valence-corrected chi connectivity index (χ2v) is 11.0. The van der Waals surface area contributed by atoms with E-state index >= 15 is 0 Å². The lowest BCUT2D eigenvalue weighted by atomic mass is 10.1. The number of rotatable bonds is 10. The molecule has 41 heavy (non-hydrogen) atoms. The van der Waals surface area contributed by atoms with Crippen LogP contribution in [0.1, 0.15) is 46.5 Å². The maximum absolute atomic E-state index is 12.8. The number of imidazole rings is 1. The second kappa shape index (κ2) is 12.7. The average molecular weight is 565 g/mol. The summed E-state index contributed by atoms with van der Waals surface area (Å²) in [7, 11) is 3.82. The van der Waals surface area contributed by atoms with Crippen LogP contribution >= 0.6 is 0 Å². The first-order chi connectivity index (χ1) is 19.8. The van der Waals surface area contributed by atoms with Crippen molar-refractivity contribution in [3.63, 3.8) is 0 Å². The molecule has 12 heteroatoms. The summed E-state index contributed by atoms with van der Waals surface area (Å²) in [5.74, 6) is 0.165. The fourth-order valence-corrected chi connectivity index (χ4v) is 5.35. The van der Waals surface area contributed by atoms with Gasteiger partial charge < -0.3 is 35.5 Å². The standard InChI is InChI=1S/C29H40N8O4/c1-34(23-11-12-23)13-4-6-24(38)37-14-3-5-22(19-37)32-29-33-27(25(26(30)39)35(29)2)31-21-9-7-20(8-10-21)28(40)36-15-17-41-18-16-36/h4,6-10,22-23,31H,3,5,11-19H2,1-2H3,(H2,30,39)(H,32,33)/b6-4+. The Bertz CT molecular complexity index is 1280. The summed E-state index contributed by atoms with van der Waals surface area (Å²) in [5.41, 5.74) is 7.20. The number of amides is 3. The first-order valence-electron chi connectivity index (χ1n) is 14.3. The highest BCUT2D eigenvalue weighted by Crippen LogP contribution is 2.26. The van der Waals surface area contributed by atoms with Gasteiger partial charge in [-0.05, 0) is 57.0 Å². The predicted molar refractivity (Wildman–Crippen MR) is 156 cm³/mol. The minimum atomic E-state index is -0.614. The van der Waals surface area contributed by atoms with E-state index in [-0.39, 0.29) is 23.6 Å². The molecule has 2 aromatic rings. The minimum absolute atomic E-state index is 0.0104. The van der Waals surface area contributed by atoms with Crippen LogP contribution in [-0.4, -0.2) is 107 Å². The van der Waals surface area contributed by atoms with Crippen LogP contribution in [0.4, 0.5) is 17.5 Å². The van der Waals surface area contributed by atoms with Crippen LogP contribution in [0.5, 0.6) is 0 Å². The molecule has 3 aliphatic rings. The van der Waals surface area contributed by atoms with Gasteiger partial charge in [-0.3, -0.25) is 19.3 Å². The van der Waals surface area contributed by atoms with E-state index in [2.05, 4.69) is 27.6 Å². The van der Waals surface area contributed by atoms with Crippen molar-refractivity contribution >= 4 is 35.2 Å². The normalized spacial score (nSPS) is 19.5. The Morgan fingerprint density at radius 2 is 1.83 bits per heavy atom. The SMILES string of the molecule is CN(C/C=C/C(=O)N1CCCC(Nc2nc(Nc3ccc(C(=O)N4CCOCC4)cc3)c(C(N)=O)n2C)C1)C1CC1. The van der Waals surface area contributed by atoms with E-state index in [4.69, 9.17) is 10.5 Å². The van der Waals surface area contributed by atoms with E-state index in [1.807, 2.05) is 11.0 Å². The van der Waals surface area contributed by atoms with Crippen LogP contribution < -0.4 is 16.4 Å². The number of nitrogens with one attached hydrogen (secondary N) is 2. The van der Waals surface area contributed by atoms with Crippen molar-refractivity contribution in [3.8, 4) is 0 Å². The molecule has 1 atom stereocenters. The van der Waals surface area contributed by atoms with Crippen LogP contribution in [0.3, 0.4) is 0 Å². The number of primary amides is 1. The van der Waals surface area contributed by atoms with Gasteiger partial charge >= 0.3 is 0 Å². The van der Waals surface area contributed by atoms with Gasteiger partial charge in [0.1, 0.15) is 0 Å². The molecule has 0 radical (unpaired) electrons. The Balaban J connectivity index is 1.22. The Kier molecular flexibility index (Phi) is 8.89. The quantitative estimate of drug-likeness (QED) is 0.372. The molecule has 2 aliphatic heterocycles. The lowest BCUT2D eigenvalue weighted by molar-refractivity contribution is -0.127. The van der Waals surface area contributed by atoms with Crippen LogP contribution in [0.15, 0.2) is 36.4 Å². The molecular weight excluding hydrogens is 524 g/mol. The average Bonchev–Trinajstić information content (AvgIpc) is 3.79. The van der Waals surface area contributed by atoms with Gasteiger partial charge in [0.05, 0.1) is 13.2 Å². The molecule has 220 valence electrons. The molecule has 12 nitrogen and oxygen atoms in total. The van der Waals surface area contributed by atoms with Crippen molar-refractivity contribution in [2.75, 3.05) is 63.6 Å². The van der Waals surface area contributed by atoms with E-state index in [0.29, 0.717) is 68.5 Å². The molecule has 2 saturated heterocycles. The smallest absolute Gasteiger partial charge is 0.269 e. The number of carbonyl (C=O) groups excluding carboxylic acids is 3. The summed E-state index contributed by atoms with van der Waals surface area (Å²) in [6, 6.07) is 7.69. The summed E-state index contributed by atoms with van der Waals surface area (Å²) in [4.78, 5) is 48.5. The summed E-state index contributed by atoms with van der Waals surface area (Å²) in [5, 5.41) is 6.59. The maximum Gasteiger partial charge on any atom is 0.269 e. The molecule has 0 bridgehead atoms. The van der Waals surface area contributed by atoms with Crippen LogP contribution in [-0.2, 0) is 16.6 Å². The van der Waals surface area contributed by atoms with Crippen molar-refractivity contribution in [3.05, 3.63) is 47.7 Å². The fourth-order valence-electron chi connectivity index (χ4n) is 5.35. The predicted octanol–water partition coefficient (Wildman–Crippen LogP) is 1.79. The lowest BCUT2D eigenvalue weighted by Gasteiger charge is -2.32. The largest absolute Gasteiger partial charge is 0.378 e. The molecule has 1 aliphatic carbocycles. The number of benzene rings is 1. The number of hydrogen-bond acceptors (Lipinski definition) is 8. The number of anilines is 3. The van der Waals surface area contributed by atoms with Crippen molar-refractivity contribution in [1.29, 1.82) is 0 Å². The summed E-state index contributed by atoms with van der Waals surface area (Å²) in [6.45, 7) is 4.27. The third-order valence-corrected chi connectivity index (χ3v) is 7.91. The zero-order valence-electron chi connectivity index (χ0n) is 23.8. The minimum Gasteiger partial charge on any atom is -0.378 e. The van der Waals surface area contributed by atoms with Crippen LogP contribution in [0, 0.1) is 0 Å². The topological polar surface area (TPSA) is 138 Å². The zero-order chi connectivity index (χ0) is 28.9. The number of nitrogens with two attached hydrogens (primary N) is 1. The molecule has 3 amide bonds. The fraction of sp³-hybridized carbons (Fsp3) is 0.517. The van der Waals surface area contributed by atoms with Gasteiger partial charge in [-0.1, -0.05) is 6.08 Å². The molecular formula is C29H40N8O4. The number of ether oxygens (including phenoxy) is 1. The third kappa shape index (κ3) is 7.06. The Morgan fingerprint density at radius 1 is 1.10 bits per heavy atom. The van der Waals surface area contributed by atoms with Crippen molar-refractivity contribution < 1.29 is 19.1 Å². The molecule has 1 aromatic heterocycles. The molecule has 5 rings (SSSR count). The lowest BCUT2D eigenvalue weighted by Crippen LogP contribution is -2.45. The number of carbonyl (C=O) groups is 3. The highest BCUT2D eigenvalue weighted by molar-refractivity contribution is 5.98. The van der Waals surface area contributed by atoms with Crippen LogP contribution in [0.25, 0.3) is 0 Å². The van der Waals surface area contributed by atoms with Gasteiger partial charge in [-0.2, -0.15) is 4.98 Å². The second-order valence-electron chi connectivity index (χ2n) is 11.0. The highest BCUT2D eigenvalue weighted by Gasteiger charge is 2.27. The highest BCUT2D eigenvalue weighted by atomic mass is 16.5. The number of hydrogen-bond donors (Lipinski definition) is 3. The van der Waals surface area contributed by atoms with E-state index in [1.54, 1.807) is 46.9 Å². The van der Waals surface area contributed by atoms with Gasteiger partial charge in [0.25, 0.3) is 11.8 Å². The number of likely N-dealkylation sites (N-methyl/N-ethyl adjacent to an activating group) is 1. The maximum atomic E-state index is 12.8. The Hall–Kier alpha value is -3.90. The number of aromatic nitrogens is 2. The number of likely N-dealkylation sites (tertiary alicyclic amines) is 1. The van der Waals surface area contributed by atoms with Gasteiger partial charge in [0, 0.05) is 69.2 Å². The summed E-state index contributed by atoms with van der Waals surface area (Å²) in [6.07, 6.45) is 7.84. The first kappa shape index (κ1) is 28.6. The van der Waals surface area contributed by atoms with Gasteiger partial charge in [0.2, 0.25) is 11.9 Å². The van der Waals surface area contributed by atoms with Crippen molar-refractivity contribution in [1.82, 2.24) is 24.3 Å². The van der Waals surface area contributed by atoms with Crippen LogP contribution in [0.2, 0.25) is 0 Å². The first-order valence-corrected chi connectivity index (χ1v) is 14.3. The Morgan fingerprint density at radius 3 is 2.51 bits per heavy atom. The summed E-state index contributed by atoms with van der Waals surface area (Å²) < 4.78 is 6.96. The third-order valence-electron chi connectivity index (χ3n) is 7.91. The number of nitrogens with zero attached hydrogens (tertiary/aromatic N) is 5. The number of piperidine rings is 1. The monoisotopic (exact) mass is 564 g/mol. The van der Waals surface area contributed by atoms with Gasteiger partial charge in [-0.15, -0.1) is 0 Å². The molecule has 0 spiro atoms. The van der Waals surface area contributed by atoms with E-state index in [9.17, 15) is 14.4 Å². The zero-order valence-corrected chi connectivity index (χ0v) is 23.8. The van der Waals surface area contributed by atoms with E-state index in [1.165, 1.54) is 12.8 Å². The molecule has 3 fully saturated rings.